The molecule has 2 N–H and O–H groups in total. The van der Waals surface area contributed by atoms with Gasteiger partial charge < -0.3 is 10.6 Å². The predicted molar refractivity (Wildman–Crippen MR) is 113 cm³/mol. The standard InChI is InChI=1S/C24H24FN3O2/c1-13-11-18-23(19(29)12-13)22(16-7-9-17(25)10-8-16)21(15(3)27-18)24(30)28-20-6-4-5-14(2)26-20/h4-10,13,22,27H,11-12H2,1-3H3,(H,26,28,30). The van der Waals surface area contributed by atoms with Gasteiger partial charge in [-0.2, -0.15) is 0 Å². The fraction of sp³-hybridized carbons (Fsp3) is 0.292. The molecule has 6 heteroatoms. The zero-order valence-corrected chi connectivity index (χ0v) is 17.3. The number of benzene rings is 1. The average molecular weight is 405 g/mol. The second-order valence-corrected chi connectivity index (χ2v) is 8.10. The molecule has 2 atom stereocenters. The zero-order valence-electron chi connectivity index (χ0n) is 17.3. The number of dihydropyridines is 1. The summed E-state index contributed by atoms with van der Waals surface area (Å²) in [6.07, 6.45) is 1.18. The molecule has 0 radical (unpaired) electrons. The predicted octanol–water partition coefficient (Wildman–Crippen LogP) is 4.38. The smallest absolute Gasteiger partial charge is 0.255 e. The Morgan fingerprint density at radius 1 is 1.13 bits per heavy atom. The van der Waals surface area contributed by atoms with Gasteiger partial charge in [-0.3, -0.25) is 9.59 Å². The fourth-order valence-corrected chi connectivity index (χ4v) is 4.32. The van der Waals surface area contributed by atoms with Gasteiger partial charge in [0, 0.05) is 40.6 Å². The van der Waals surface area contributed by atoms with Crippen LogP contribution in [0.15, 0.2) is 65.0 Å². The summed E-state index contributed by atoms with van der Waals surface area (Å²) in [5, 5.41) is 6.16. The number of nitrogens with zero attached hydrogens (tertiary/aromatic N) is 1. The van der Waals surface area contributed by atoms with Gasteiger partial charge in [-0.05, 0) is 56.0 Å². The molecule has 1 aromatic heterocycles. The van der Waals surface area contributed by atoms with Crippen LogP contribution in [0.25, 0.3) is 0 Å². The van der Waals surface area contributed by atoms with Crippen molar-refractivity contribution in [3.63, 3.8) is 0 Å². The number of hydrogen-bond donors (Lipinski definition) is 2. The van der Waals surface area contributed by atoms with Crippen molar-refractivity contribution in [3.8, 4) is 0 Å². The van der Waals surface area contributed by atoms with E-state index in [0.717, 1.165) is 23.4 Å². The first-order valence-electron chi connectivity index (χ1n) is 10.1. The molecule has 0 saturated heterocycles. The normalized spacial score (nSPS) is 21.3. The number of halogens is 1. The molecule has 1 aliphatic carbocycles. The van der Waals surface area contributed by atoms with Gasteiger partial charge in [0.15, 0.2) is 5.78 Å². The fourth-order valence-electron chi connectivity index (χ4n) is 4.32. The molecular weight excluding hydrogens is 381 g/mol. The van der Waals surface area contributed by atoms with Crippen LogP contribution in [-0.4, -0.2) is 16.7 Å². The van der Waals surface area contributed by atoms with Crippen LogP contribution in [0.2, 0.25) is 0 Å². The van der Waals surface area contributed by atoms with Crippen molar-refractivity contribution >= 4 is 17.5 Å². The number of Topliss-reactive ketones (excluding diaryl/α,β-unsaturated/α-hetero) is 1. The molecule has 0 bridgehead atoms. The Bertz CT molecular complexity index is 1090. The van der Waals surface area contributed by atoms with Gasteiger partial charge in [-0.25, -0.2) is 9.37 Å². The number of carbonyl (C=O) groups excluding carboxylic acids is 2. The number of anilines is 1. The number of aromatic nitrogens is 1. The zero-order chi connectivity index (χ0) is 21.4. The van der Waals surface area contributed by atoms with Crippen LogP contribution in [0.4, 0.5) is 10.2 Å². The van der Waals surface area contributed by atoms with Crippen LogP contribution in [-0.2, 0) is 9.59 Å². The number of rotatable bonds is 3. The lowest BCUT2D eigenvalue weighted by Crippen LogP contribution is -2.37. The second kappa shape index (κ2) is 7.86. The Kier molecular flexibility index (Phi) is 5.24. The van der Waals surface area contributed by atoms with Crippen LogP contribution in [0, 0.1) is 18.7 Å². The van der Waals surface area contributed by atoms with Crippen LogP contribution >= 0.6 is 0 Å². The molecule has 0 spiro atoms. The van der Waals surface area contributed by atoms with Crippen molar-refractivity contribution in [2.75, 3.05) is 5.32 Å². The number of nitrogens with one attached hydrogen (secondary N) is 2. The van der Waals surface area contributed by atoms with Crippen molar-refractivity contribution < 1.29 is 14.0 Å². The summed E-state index contributed by atoms with van der Waals surface area (Å²) < 4.78 is 13.6. The quantitative estimate of drug-likeness (QED) is 0.795. The van der Waals surface area contributed by atoms with Crippen molar-refractivity contribution in [2.24, 2.45) is 5.92 Å². The lowest BCUT2D eigenvalue weighted by Gasteiger charge is -2.36. The molecule has 0 fully saturated rings. The largest absolute Gasteiger partial charge is 0.362 e. The number of carbonyl (C=O) groups is 2. The Labute approximate surface area is 175 Å². The van der Waals surface area contributed by atoms with Crippen molar-refractivity contribution in [2.45, 2.75) is 39.5 Å². The summed E-state index contributed by atoms with van der Waals surface area (Å²) in [6.45, 7) is 5.73. The average Bonchev–Trinajstić information content (AvgIpc) is 2.67. The van der Waals surface area contributed by atoms with Gasteiger partial charge >= 0.3 is 0 Å². The first kappa shape index (κ1) is 20.0. The van der Waals surface area contributed by atoms with E-state index in [1.807, 2.05) is 32.9 Å². The molecule has 2 aliphatic rings. The van der Waals surface area contributed by atoms with Gasteiger partial charge in [-0.1, -0.05) is 25.1 Å². The Morgan fingerprint density at radius 3 is 2.57 bits per heavy atom. The minimum Gasteiger partial charge on any atom is -0.362 e. The first-order chi connectivity index (χ1) is 14.3. The first-order valence-corrected chi connectivity index (χ1v) is 10.1. The summed E-state index contributed by atoms with van der Waals surface area (Å²) in [4.78, 5) is 30.7. The topological polar surface area (TPSA) is 71.1 Å². The highest BCUT2D eigenvalue weighted by atomic mass is 19.1. The minimum atomic E-state index is -0.549. The Balaban J connectivity index is 1.79. The van der Waals surface area contributed by atoms with E-state index in [1.165, 1.54) is 12.1 Å². The van der Waals surface area contributed by atoms with Gasteiger partial charge in [0.05, 0.1) is 0 Å². The third-order valence-electron chi connectivity index (χ3n) is 5.61. The van der Waals surface area contributed by atoms with Crippen molar-refractivity contribution in [3.05, 3.63) is 82.1 Å². The van der Waals surface area contributed by atoms with Crippen LogP contribution in [0.5, 0.6) is 0 Å². The molecule has 30 heavy (non-hydrogen) atoms. The molecular formula is C24H24FN3O2. The minimum absolute atomic E-state index is 0.0251. The highest BCUT2D eigenvalue weighted by Gasteiger charge is 2.39. The van der Waals surface area contributed by atoms with E-state index in [0.29, 0.717) is 29.1 Å². The molecule has 2 unspecified atom stereocenters. The Hall–Kier alpha value is -3.28. The maximum atomic E-state index is 13.6. The van der Waals surface area contributed by atoms with E-state index in [4.69, 9.17) is 0 Å². The summed E-state index contributed by atoms with van der Waals surface area (Å²) in [6, 6.07) is 11.4. The lowest BCUT2D eigenvalue weighted by atomic mass is 9.73. The number of amides is 1. The molecule has 5 nitrogen and oxygen atoms in total. The van der Waals surface area contributed by atoms with Crippen LogP contribution < -0.4 is 10.6 Å². The maximum Gasteiger partial charge on any atom is 0.255 e. The number of aryl methyl sites for hydroxylation is 1. The molecule has 1 amide bonds. The Morgan fingerprint density at radius 2 is 1.87 bits per heavy atom. The molecule has 2 aromatic rings. The maximum absolute atomic E-state index is 13.6. The summed E-state index contributed by atoms with van der Waals surface area (Å²) in [7, 11) is 0. The van der Waals surface area contributed by atoms with E-state index < -0.39 is 5.92 Å². The van der Waals surface area contributed by atoms with E-state index in [-0.39, 0.29) is 23.4 Å². The van der Waals surface area contributed by atoms with Crippen molar-refractivity contribution in [1.82, 2.24) is 10.3 Å². The molecule has 0 saturated carbocycles. The van der Waals surface area contributed by atoms with Crippen LogP contribution in [0.1, 0.15) is 43.9 Å². The lowest BCUT2D eigenvalue weighted by molar-refractivity contribution is -0.117. The highest BCUT2D eigenvalue weighted by Crippen LogP contribution is 2.43. The molecule has 4 rings (SSSR count). The third-order valence-corrected chi connectivity index (χ3v) is 5.61. The van der Waals surface area contributed by atoms with E-state index in [2.05, 4.69) is 15.6 Å². The van der Waals surface area contributed by atoms with E-state index >= 15 is 0 Å². The number of pyridine rings is 1. The number of hydrogen-bond acceptors (Lipinski definition) is 4. The molecule has 2 heterocycles. The number of allylic oxidation sites excluding steroid dienone is 3. The summed E-state index contributed by atoms with van der Waals surface area (Å²) in [5.41, 5.74) is 4.11. The second-order valence-electron chi connectivity index (χ2n) is 8.10. The monoisotopic (exact) mass is 405 g/mol. The molecule has 154 valence electrons. The molecule has 1 aromatic carbocycles. The third kappa shape index (κ3) is 3.77. The highest BCUT2D eigenvalue weighted by molar-refractivity contribution is 6.09. The van der Waals surface area contributed by atoms with Gasteiger partial charge in [-0.15, -0.1) is 0 Å². The summed E-state index contributed by atoms with van der Waals surface area (Å²) >= 11 is 0. The molecule has 1 aliphatic heterocycles. The van der Waals surface area contributed by atoms with Gasteiger partial charge in [0.25, 0.3) is 5.91 Å². The van der Waals surface area contributed by atoms with E-state index in [1.54, 1.807) is 18.2 Å². The number of ketones is 1. The van der Waals surface area contributed by atoms with Crippen LogP contribution in [0.3, 0.4) is 0 Å². The van der Waals surface area contributed by atoms with Gasteiger partial charge in [0.1, 0.15) is 11.6 Å². The SMILES string of the molecule is CC1=C(C(=O)Nc2cccc(C)n2)C(c2ccc(F)cc2)C2=C(CC(C)CC2=O)N1. The van der Waals surface area contributed by atoms with Crippen molar-refractivity contribution in [1.29, 1.82) is 0 Å². The van der Waals surface area contributed by atoms with Gasteiger partial charge in [0.2, 0.25) is 0 Å². The van der Waals surface area contributed by atoms with E-state index in [9.17, 15) is 14.0 Å². The summed E-state index contributed by atoms with van der Waals surface area (Å²) in [5.74, 6) is -0.533.